The number of hydrogen-bond donors (Lipinski definition) is 0. The zero-order valence-electron chi connectivity index (χ0n) is 14.1. The Morgan fingerprint density at radius 1 is 1.16 bits per heavy atom. The molecule has 25 heavy (non-hydrogen) atoms. The minimum atomic E-state index is 0.0525. The maximum Gasteiger partial charge on any atom is 0.254 e. The summed E-state index contributed by atoms with van der Waals surface area (Å²) in [5.41, 5.74) is 4.96. The molecular weight excluding hydrogens is 332 g/mol. The third-order valence-corrected chi connectivity index (χ3v) is 5.02. The first-order valence-electron chi connectivity index (χ1n) is 8.54. The van der Waals surface area contributed by atoms with Gasteiger partial charge in [0.2, 0.25) is 0 Å². The van der Waals surface area contributed by atoms with E-state index in [4.69, 9.17) is 16.6 Å². The molecule has 4 rings (SSSR count). The molecule has 126 valence electrons. The highest BCUT2D eigenvalue weighted by Gasteiger charge is 2.25. The maximum atomic E-state index is 13.3. The summed E-state index contributed by atoms with van der Waals surface area (Å²) in [6.07, 6.45) is 2.95. The van der Waals surface area contributed by atoms with Crippen LogP contribution in [0.5, 0.6) is 0 Å². The molecule has 0 saturated carbocycles. The fourth-order valence-corrected chi connectivity index (χ4v) is 3.84. The third-order valence-electron chi connectivity index (χ3n) is 4.79. The smallest absolute Gasteiger partial charge is 0.254 e. The van der Waals surface area contributed by atoms with E-state index in [1.54, 1.807) is 4.90 Å². The van der Waals surface area contributed by atoms with Crippen molar-refractivity contribution in [3.63, 3.8) is 0 Å². The van der Waals surface area contributed by atoms with Gasteiger partial charge in [-0.15, -0.1) is 0 Å². The summed E-state index contributed by atoms with van der Waals surface area (Å²) in [6, 6.07) is 15.6. The highest BCUT2D eigenvalue weighted by molar-refractivity contribution is 6.30. The lowest BCUT2D eigenvalue weighted by Crippen LogP contribution is -2.27. The topological polar surface area (TPSA) is 33.2 Å². The van der Waals surface area contributed by atoms with E-state index in [9.17, 15) is 4.79 Å². The highest BCUT2D eigenvalue weighted by atomic mass is 35.5. The van der Waals surface area contributed by atoms with Crippen LogP contribution >= 0.6 is 11.6 Å². The van der Waals surface area contributed by atoms with Crippen molar-refractivity contribution in [1.82, 2.24) is 9.88 Å². The van der Waals surface area contributed by atoms with Gasteiger partial charge >= 0.3 is 0 Å². The number of carbonyl (C=O) groups excluding carboxylic acids is 1. The van der Waals surface area contributed by atoms with Gasteiger partial charge in [0, 0.05) is 29.7 Å². The zero-order valence-corrected chi connectivity index (χ0v) is 14.9. The molecule has 2 aromatic carbocycles. The Hall–Kier alpha value is -2.39. The van der Waals surface area contributed by atoms with E-state index in [0.29, 0.717) is 11.6 Å². The van der Waals surface area contributed by atoms with Crippen molar-refractivity contribution < 1.29 is 4.79 Å². The summed E-state index contributed by atoms with van der Waals surface area (Å²) < 4.78 is 0. The Balaban J connectivity index is 1.74. The first-order valence-corrected chi connectivity index (χ1v) is 8.91. The van der Waals surface area contributed by atoms with Crippen LogP contribution in [-0.2, 0) is 19.4 Å². The van der Waals surface area contributed by atoms with Gasteiger partial charge in [-0.3, -0.25) is 9.78 Å². The average Bonchev–Trinajstić information content (AvgIpc) is 3.07. The molecular formula is C21H19ClN2O. The molecule has 3 nitrogen and oxygen atoms in total. The molecule has 4 heteroatoms. The molecule has 0 N–H and O–H groups in total. The van der Waals surface area contributed by atoms with Gasteiger partial charge in [0.15, 0.2) is 0 Å². The van der Waals surface area contributed by atoms with Gasteiger partial charge in [-0.1, -0.05) is 41.9 Å². The summed E-state index contributed by atoms with van der Waals surface area (Å²) in [7, 11) is 1.85. The van der Waals surface area contributed by atoms with Crippen LogP contribution in [0.2, 0.25) is 5.02 Å². The molecule has 0 fully saturated rings. The number of para-hydroxylation sites is 1. The van der Waals surface area contributed by atoms with Crippen LogP contribution in [0.15, 0.2) is 48.5 Å². The molecule has 1 amide bonds. The molecule has 0 saturated heterocycles. The highest BCUT2D eigenvalue weighted by Crippen LogP contribution is 2.31. The molecule has 0 bridgehead atoms. The summed E-state index contributed by atoms with van der Waals surface area (Å²) in [6.45, 7) is 0.533. The number of halogens is 1. The molecule has 0 unspecified atom stereocenters. The summed E-state index contributed by atoms with van der Waals surface area (Å²) in [4.78, 5) is 19.8. The fourth-order valence-electron chi connectivity index (χ4n) is 3.63. The molecule has 0 atom stereocenters. The Morgan fingerprint density at radius 3 is 2.84 bits per heavy atom. The molecule has 3 aromatic rings. The quantitative estimate of drug-likeness (QED) is 0.689. The first kappa shape index (κ1) is 16.1. The SMILES string of the molecule is CN(Cc1cccc(Cl)c1)C(=O)c1c2c(nc3ccccc13)CCC2. The Bertz CT molecular complexity index is 967. The van der Waals surface area contributed by atoms with Gasteiger partial charge in [-0.05, 0) is 48.6 Å². The number of aromatic nitrogens is 1. The van der Waals surface area contributed by atoms with Crippen molar-refractivity contribution in [1.29, 1.82) is 0 Å². The molecule has 0 radical (unpaired) electrons. The van der Waals surface area contributed by atoms with Crippen molar-refractivity contribution in [2.45, 2.75) is 25.8 Å². The van der Waals surface area contributed by atoms with Gasteiger partial charge < -0.3 is 4.90 Å². The van der Waals surface area contributed by atoms with Crippen molar-refractivity contribution in [2.75, 3.05) is 7.05 Å². The molecule has 0 aliphatic heterocycles. The van der Waals surface area contributed by atoms with Crippen LogP contribution in [0.4, 0.5) is 0 Å². The predicted molar refractivity (Wildman–Crippen MR) is 101 cm³/mol. The third kappa shape index (κ3) is 3.00. The lowest BCUT2D eigenvalue weighted by molar-refractivity contribution is 0.0786. The number of rotatable bonds is 3. The predicted octanol–water partition coefficient (Wildman–Crippen LogP) is 4.65. The first-order chi connectivity index (χ1) is 12.1. The van der Waals surface area contributed by atoms with Gasteiger partial charge in [-0.2, -0.15) is 0 Å². The monoisotopic (exact) mass is 350 g/mol. The van der Waals surface area contributed by atoms with E-state index >= 15 is 0 Å². The fraction of sp³-hybridized carbons (Fsp3) is 0.238. The molecule has 1 heterocycles. The molecule has 1 aromatic heterocycles. The van der Waals surface area contributed by atoms with Crippen molar-refractivity contribution >= 4 is 28.4 Å². The van der Waals surface area contributed by atoms with Crippen LogP contribution < -0.4 is 0 Å². The van der Waals surface area contributed by atoms with Crippen molar-refractivity contribution in [3.8, 4) is 0 Å². The summed E-state index contributed by atoms with van der Waals surface area (Å²) in [5, 5.41) is 1.64. The minimum absolute atomic E-state index is 0.0525. The Morgan fingerprint density at radius 2 is 2.00 bits per heavy atom. The van der Waals surface area contributed by atoms with E-state index in [2.05, 4.69) is 0 Å². The summed E-state index contributed by atoms with van der Waals surface area (Å²) >= 11 is 6.07. The number of hydrogen-bond acceptors (Lipinski definition) is 2. The Kier molecular flexibility index (Phi) is 4.18. The normalized spacial score (nSPS) is 13.0. The number of nitrogens with zero attached hydrogens (tertiary/aromatic N) is 2. The lowest BCUT2D eigenvalue weighted by Gasteiger charge is -2.20. The number of pyridine rings is 1. The number of carbonyl (C=O) groups is 1. The van der Waals surface area contributed by atoms with E-state index < -0.39 is 0 Å². The minimum Gasteiger partial charge on any atom is -0.337 e. The van der Waals surface area contributed by atoms with Crippen LogP contribution in [-0.4, -0.2) is 22.8 Å². The number of fused-ring (bicyclic) bond motifs is 2. The largest absolute Gasteiger partial charge is 0.337 e. The van der Waals surface area contributed by atoms with Crippen LogP contribution in [0.1, 0.15) is 33.6 Å². The van der Waals surface area contributed by atoms with E-state index in [1.165, 1.54) is 0 Å². The van der Waals surface area contributed by atoms with E-state index in [0.717, 1.165) is 52.5 Å². The summed E-state index contributed by atoms with van der Waals surface area (Å²) in [5.74, 6) is 0.0525. The molecule has 0 spiro atoms. The second kappa shape index (κ2) is 6.49. The van der Waals surface area contributed by atoms with E-state index in [1.807, 2.05) is 55.6 Å². The lowest BCUT2D eigenvalue weighted by atomic mass is 10.00. The van der Waals surface area contributed by atoms with Gasteiger partial charge in [0.1, 0.15) is 0 Å². The number of benzene rings is 2. The van der Waals surface area contributed by atoms with Gasteiger partial charge in [-0.25, -0.2) is 0 Å². The maximum absolute atomic E-state index is 13.3. The zero-order chi connectivity index (χ0) is 17.4. The second-order valence-corrected chi connectivity index (χ2v) is 7.01. The van der Waals surface area contributed by atoms with E-state index in [-0.39, 0.29) is 5.91 Å². The number of aryl methyl sites for hydroxylation is 1. The van der Waals surface area contributed by atoms with Gasteiger partial charge in [0.25, 0.3) is 5.91 Å². The standard InChI is InChI=1S/C21H19ClN2O/c1-24(13-14-6-4-7-15(22)12-14)21(25)20-16-8-2-3-10-18(16)23-19-11-5-9-17(19)20/h2-4,6-8,10,12H,5,9,11,13H2,1H3. The molecule has 1 aliphatic carbocycles. The van der Waals surface area contributed by atoms with Crippen LogP contribution in [0, 0.1) is 0 Å². The van der Waals surface area contributed by atoms with Crippen LogP contribution in [0.3, 0.4) is 0 Å². The van der Waals surface area contributed by atoms with Gasteiger partial charge in [0.05, 0.1) is 11.1 Å². The van der Waals surface area contributed by atoms with Crippen molar-refractivity contribution in [2.24, 2.45) is 0 Å². The Labute approximate surface area is 152 Å². The van der Waals surface area contributed by atoms with Crippen LogP contribution in [0.25, 0.3) is 10.9 Å². The number of amides is 1. The second-order valence-electron chi connectivity index (χ2n) is 6.57. The average molecular weight is 351 g/mol. The van der Waals surface area contributed by atoms with Crippen molar-refractivity contribution in [3.05, 3.63) is 75.9 Å². The molecule has 1 aliphatic rings.